The molecular formula is C15H18BrN3. The number of aromatic nitrogens is 2. The molecule has 0 bridgehead atoms. The van der Waals surface area contributed by atoms with Crippen molar-refractivity contribution in [3.05, 3.63) is 46.8 Å². The molecule has 0 spiro atoms. The largest absolute Gasteiger partial charge is 0.330 e. The van der Waals surface area contributed by atoms with Crippen LogP contribution in [0.2, 0.25) is 0 Å². The standard InChI is InChI=1S/C15H18BrN3/c1-10(2)13(9-17)15-18-8-7-14(19-15)11-3-5-12(16)6-4-11/h3-8,10,13H,9,17H2,1-2H3. The summed E-state index contributed by atoms with van der Waals surface area (Å²) in [5.41, 5.74) is 7.86. The molecular weight excluding hydrogens is 302 g/mol. The van der Waals surface area contributed by atoms with Crippen LogP contribution in [0.1, 0.15) is 25.6 Å². The Balaban J connectivity index is 2.36. The van der Waals surface area contributed by atoms with Crippen molar-refractivity contribution in [2.75, 3.05) is 6.54 Å². The average molecular weight is 320 g/mol. The third-order valence-electron chi connectivity index (χ3n) is 3.20. The van der Waals surface area contributed by atoms with E-state index < -0.39 is 0 Å². The van der Waals surface area contributed by atoms with E-state index in [4.69, 9.17) is 5.73 Å². The van der Waals surface area contributed by atoms with Gasteiger partial charge in [-0.25, -0.2) is 9.97 Å². The van der Waals surface area contributed by atoms with Crippen molar-refractivity contribution in [3.8, 4) is 11.3 Å². The molecule has 1 atom stereocenters. The molecule has 1 heterocycles. The van der Waals surface area contributed by atoms with Crippen molar-refractivity contribution in [1.82, 2.24) is 9.97 Å². The van der Waals surface area contributed by atoms with Crippen molar-refractivity contribution in [2.45, 2.75) is 19.8 Å². The third-order valence-corrected chi connectivity index (χ3v) is 3.73. The fraction of sp³-hybridized carbons (Fsp3) is 0.333. The lowest BCUT2D eigenvalue weighted by atomic mass is 9.95. The van der Waals surface area contributed by atoms with E-state index in [1.54, 1.807) is 0 Å². The van der Waals surface area contributed by atoms with Crippen molar-refractivity contribution in [2.24, 2.45) is 11.7 Å². The minimum atomic E-state index is 0.204. The van der Waals surface area contributed by atoms with E-state index in [-0.39, 0.29) is 5.92 Å². The van der Waals surface area contributed by atoms with Crippen LogP contribution in [0.15, 0.2) is 41.0 Å². The molecule has 3 nitrogen and oxygen atoms in total. The molecule has 0 aliphatic rings. The van der Waals surface area contributed by atoms with E-state index in [9.17, 15) is 0 Å². The average Bonchev–Trinajstić information content (AvgIpc) is 2.40. The Morgan fingerprint density at radius 3 is 2.42 bits per heavy atom. The lowest BCUT2D eigenvalue weighted by Crippen LogP contribution is -2.20. The van der Waals surface area contributed by atoms with E-state index >= 15 is 0 Å². The van der Waals surface area contributed by atoms with Crippen LogP contribution in [0, 0.1) is 5.92 Å². The number of hydrogen-bond acceptors (Lipinski definition) is 3. The SMILES string of the molecule is CC(C)C(CN)c1nccc(-c2ccc(Br)cc2)n1. The Hall–Kier alpha value is -1.26. The van der Waals surface area contributed by atoms with Gasteiger partial charge in [-0.3, -0.25) is 0 Å². The summed E-state index contributed by atoms with van der Waals surface area (Å²) in [5, 5.41) is 0. The Bertz CT molecular complexity index is 537. The minimum absolute atomic E-state index is 0.204. The van der Waals surface area contributed by atoms with E-state index in [0.717, 1.165) is 21.6 Å². The van der Waals surface area contributed by atoms with Gasteiger partial charge >= 0.3 is 0 Å². The number of nitrogens with zero attached hydrogens (tertiary/aromatic N) is 2. The number of nitrogens with two attached hydrogens (primary N) is 1. The zero-order valence-electron chi connectivity index (χ0n) is 11.2. The van der Waals surface area contributed by atoms with Gasteiger partial charge in [-0.15, -0.1) is 0 Å². The monoisotopic (exact) mass is 319 g/mol. The first-order valence-corrected chi connectivity index (χ1v) is 7.20. The van der Waals surface area contributed by atoms with Crippen LogP contribution in [0.25, 0.3) is 11.3 Å². The molecule has 0 aliphatic carbocycles. The first kappa shape index (κ1) is 14.2. The van der Waals surface area contributed by atoms with Crippen molar-refractivity contribution >= 4 is 15.9 Å². The number of hydrogen-bond donors (Lipinski definition) is 1. The summed E-state index contributed by atoms with van der Waals surface area (Å²) in [6.45, 7) is 4.86. The summed E-state index contributed by atoms with van der Waals surface area (Å²) >= 11 is 3.44. The summed E-state index contributed by atoms with van der Waals surface area (Å²) in [6, 6.07) is 10.0. The molecule has 100 valence electrons. The number of halogens is 1. The van der Waals surface area contributed by atoms with Gasteiger partial charge in [0.2, 0.25) is 0 Å². The minimum Gasteiger partial charge on any atom is -0.330 e. The van der Waals surface area contributed by atoms with Crippen molar-refractivity contribution < 1.29 is 0 Å². The molecule has 1 aromatic heterocycles. The molecule has 0 amide bonds. The zero-order chi connectivity index (χ0) is 13.8. The van der Waals surface area contributed by atoms with Gasteiger partial charge in [-0.2, -0.15) is 0 Å². The predicted molar refractivity (Wildman–Crippen MR) is 81.8 cm³/mol. The van der Waals surface area contributed by atoms with Crippen LogP contribution >= 0.6 is 15.9 Å². The second-order valence-corrected chi connectivity index (χ2v) is 5.81. The summed E-state index contributed by atoms with van der Waals surface area (Å²) in [4.78, 5) is 9.03. The van der Waals surface area contributed by atoms with Crippen LogP contribution in [0.3, 0.4) is 0 Å². The highest BCUT2D eigenvalue weighted by atomic mass is 79.9. The maximum atomic E-state index is 5.83. The quantitative estimate of drug-likeness (QED) is 0.936. The van der Waals surface area contributed by atoms with Gasteiger partial charge in [0.25, 0.3) is 0 Å². The second-order valence-electron chi connectivity index (χ2n) is 4.89. The lowest BCUT2D eigenvalue weighted by molar-refractivity contribution is 0.483. The molecule has 0 saturated heterocycles. The molecule has 0 saturated carbocycles. The Labute approximate surface area is 122 Å². The van der Waals surface area contributed by atoms with Gasteiger partial charge < -0.3 is 5.73 Å². The molecule has 2 rings (SSSR count). The molecule has 2 N–H and O–H groups in total. The molecule has 0 fully saturated rings. The van der Waals surface area contributed by atoms with Gasteiger partial charge in [0.15, 0.2) is 0 Å². The van der Waals surface area contributed by atoms with Gasteiger partial charge in [0.1, 0.15) is 5.82 Å². The predicted octanol–water partition coefficient (Wildman–Crippen LogP) is 3.60. The molecule has 4 heteroatoms. The Morgan fingerprint density at radius 1 is 1.16 bits per heavy atom. The molecule has 1 aromatic carbocycles. The molecule has 2 aromatic rings. The molecule has 0 aliphatic heterocycles. The summed E-state index contributed by atoms with van der Waals surface area (Å²) in [7, 11) is 0. The van der Waals surface area contributed by atoms with Gasteiger partial charge in [-0.05, 0) is 24.1 Å². The Morgan fingerprint density at radius 2 is 1.84 bits per heavy atom. The van der Waals surface area contributed by atoms with Crippen LogP contribution in [0.5, 0.6) is 0 Å². The molecule has 19 heavy (non-hydrogen) atoms. The summed E-state index contributed by atoms with van der Waals surface area (Å²) < 4.78 is 1.06. The van der Waals surface area contributed by atoms with E-state index in [1.807, 2.05) is 36.5 Å². The number of benzene rings is 1. The highest BCUT2D eigenvalue weighted by Gasteiger charge is 2.17. The summed E-state index contributed by atoms with van der Waals surface area (Å²) in [6.07, 6.45) is 1.81. The van der Waals surface area contributed by atoms with Crippen LogP contribution in [0.4, 0.5) is 0 Å². The zero-order valence-corrected chi connectivity index (χ0v) is 12.8. The first-order valence-electron chi connectivity index (χ1n) is 6.40. The maximum Gasteiger partial charge on any atom is 0.133 e. The van der Waals surface area contributed by atoms with Gasteiger partial charge in [0, 0.05) is 28.7 Å². The topological polar surface area (TPSA) is 51.8 Å². The smallest absolute Gasteiger partial charge is 0.133 e. The molecule has 0 radical (unpaired) electrons. The summed E-state index contributed by atoms with van der Waals surface area (Å²) in [5.74, 6) is 1.47. The highest BCUT2D eigenvalue weighted by Crippen LogP contribution is 2.24. The van der Waals surface area contributed by atoms with Crippen LogP contribution < -0.4 is 5.73 Å². The Kier molecular flexibility index (Phi) is 4.66. The van der Waals surface area contributed by atoms with Crippen LogP contribution in [-0.4, -0.2) is 16.5 Å². The van der Waals surface area contributed by atoms with E-state index in [2.05, 4.69) is 39.7 Å². The second kappa shape index (κ2) is 6.26. The fourth-order valence-corrected chi connectivity index (χ4v) is 2.27. The van der Waals surface area contributed by atoms with E-state index in [1.165, 1.54) is 0 Å². The fourth-order valence-electron chi connectivity index (χ4n) is 2.01. The first-order chi connectivity index (χ1) is 9.11. The normalized spacial score (nSPS) is 12.7. The van der Waals surface area contributed by atoms with Gasteiger partial charge in [0.05, 0.1) is 5.69 Å². The molecule has 1 unspecified atom stereocenters. The lowest BCUT2D eigenvalue weighted by Gasteiger charge is -2.17. The third kappa shape index (κ3) is 3.39. The number of rotatable bonds is 4. The van der Waals surface area contributed by atoms with Crippen LogP contribution in [-0.2, 0) is 0 Å². The maximum absolute atomic E-state index is 5.83. The van der Waals surface area contributed by atoms with E-state index in [0.29, 0.717) is 12.5 Å². The van der Waals surface area contributed by atoms with Crippen molar-refractivity contribution in [3.63, 3.8) is 0 Å². The van der Waals surface area contributed by atoms with Crippen molar-refractivity contribution in [1.29, 1.82) is 0 Å². The highest BCUT2D eigenvalue weighted by molar-refractivity contribution is 9.10. The van der Waals surface area contributed by atoms with Gasteiger partial charge in [-0.1, -0.05) is 41.9 Å².